The van der Waals surface area contributed by atoms with E-state index in [1.807, 2.05) is 30.3 Å². The van der Waals surface area contributed by atoms with Crippen molar-refractivity contribution in [1.29, 1.82) is 0 Å². The molecule has 1 aliphatic rings. The van der Waals surface area contributed by atoms with Crippen molar-refractivity contribution in [1.82, 2.24) is 5.32 Å². The van der Waals surface area contributed by atoms with E-state index >= 15 is 0 Å². The van der Waals surface area contributed by atoms with Crippen LogP contribution in [0.2, 0.25) is 0 Å². The summed E-state index contributed by atoms with van der Waals surface area (Å²) in [5.41, 5.74) is 4.33. The Morgan fingerprint density at radius 1 is 1.14 bits per heavy atom. The number of aryl methyl sites for hydroxylation is 1. The highest BCUT2D eigenvalue weighted by Crippen LogP contribution is 2.37. The number of hydrogen-bond donors (Lipinski definition) is 2. The van der Waals surface area contributed by atoms with Crippen molar-refractivity contribution in [3.63, 3.8) is 0 Å². The molecule has 0 spiro atoms. The van der Waals surface area contributed by atoms with Crippen LogP contribution in [0.25, 0.3) is 6.08 Å². The number of thioether (sulfide) groups is 1. The van der Waals surface area contributed by atoms with E-state index < -0.39 is 0 Å². The smallest absolute Gasteiger partial charge is 0.260 e. The lowest BCUT2D eigenvalue weighted by molar-refractivity contribution is -0.116. The highest BCUT2D eigenvalue weighted by molar-refractivity contribution is 8.05. The van der Waals surface area contributed by atoms with Gasteiger partial charge in [0.2, 0.25) is 0 Å². The Morgan fingerprint density at radius 2 is 1.94 bits per heavy atom. The van der Waals surface area contributed by atoms with Gasteiger partial charge >= 0.3 is 0 Å². The fourth-order valence-corrected chi connectivity index (χ4v) is 4.86. The number of hydrogen-bond acceptors (Lipinski definition) is 5. The van der Waals surface area contributed by atoms with Gasteiger partial charge in [0.15, 0.2) is 17.0 Å². The van der Waals surface area contributed by atoms with Crippen molar-refractivity contribution in [2.24, 2.45) is 0 Å². The molecule has 186 valence electrons. The van der Waals surface area contributed by atoms with Gasteiger partial charge in [0.1, 0.15) is 12.4 Å². The molecular formula is C29H29FN2O3S. The number of halogens is 1. The lowest BCUT2D eigenvalue weighted by atomic mass is 10.0. The maximum absolute atomic E-state index is 13.6. The summed E-state index contributed by atoms with van der Waals surface area (Å²) in [6.45, 7) is 6.16. The molecule has 3 aromatic rings. The van der Waals surface area contributed by atoms with Gasteiger partial charge in [0.05, 0.1) is 12.0 Å². The molecule has 0 aromatic heterocycles. The third-order valence-electron chi connectivity index (χ3n) is 5.70. The molecule has 2 N–H and O–H groups in total. The van der Waals surface area contributed by atoms with E-state index in [1.54, 1.807) is 25.3 Å². The molecule has 1 aliphatic heterocycles. The monoisotopic (exact) mass is 504 g/mol. The SMILES string of the molecule is C=CCc1cc(/C=C2\S[C@H](Nc3ccc(CC)cc3)NC2=O)cc(OC)c1OCc1cccc(F)c1. The van der Waals surface area contributed by atoms with Crippen molar-refractivity contribution in [2.75, 3.05) is 12.4 Å². The van der Waals surface area contributed by atoms with Crippen LogP contribution in [-0.4, -0.2) is 18.5 Å². The van der Waals surface area contributed by atoms with Crippen molar-refractivity contribution in [2.45, 2.75) is 31.9 Å². The summed E-state index contributed by atoms with van der Waals surface area (Å²) in [7, 11) is 1.57. The number of carbonyl (C=O) groups excluding carboxylic acids is 1. The second-order valence-corrected chi connectivity index (χ2v) is 9.44. The molecule has 3 aromatic carbocycles. The first kappa shape index (κ1) is 25.4. The summed E-state index contributed by atoms with van der Waals surface area (Å²) in [5.74, 6) is 0.655. The maximum atomic E-state index is 13.6. The lowest BCUT2D eigenvalue weighted by Gasteiger charge is -2.16. The predicted octanol–water partition coefficient (Wildman–Crippen LogP) is 6.30. The molecule has 1 heterocycles. The van der Waals surface area contributed by atoms with Crippen LogP contribution in [0.3, 0.4) is 0 Å². The Labute approximate surface area is 215 Å². The highest BCUT2D eigenvalue weighted by Gasteiger charge is 2.27. The summed E-state index contributed by atoms with van der Waals surface area (Å²) in [4.78, 5) is 13.3. The third-order valence-corrected chi connectivity index (χ3v) is 6.73. The summed E-state index contributed by atoms with van der Waals surface area (Å²) in [6.07, 6.45) is 5.14. The second-order valence-electron chi connectivity index (χ2n) is 8.30. The minimum atomic E-state index is -0.311. The molecule has 0 unspecified atom stereocenters. The standard InChI is InChI=1S/C29H29FN2O3S/c1-4-7-22-14-21(16-25(34-3)27(22)35-18-20-8-6-9-23(30)15-20)17-26-28(33)32-29(36-26)31-24-12-10-19(5-2)11-13-24/h4,6,8-17,29,31H,1,5,7,18H2,2-3H3,(H,32,33)/b26-17-/t29-/m1/s1. The quantitative estimate of drug-likeness (QED) is 0.251. The Bertz CT molecular complexity index is 1270. The number of nitrogens with one attached hydrogen (secondary N) is 2. The topological polar surface area (TPSA) is 59.6 Å². The van der Waals surface area contributed by atoms with Crippen molar-refractivity contribution >= 4 is 29.4 Å². The number of rotatable bonds is 10. The number of methoxy groups -OCH3 is 1. The number of amides is 1. The van der Waals surface area contributed by atoms with Gasteiger partial charge in [-0.15, -0.1) is 6.58 Å². The van der Waals surface area contributed by atoms with Crippen LogP contribution in [0.15, 0.2) is 78.2 Å². The molecule has 0 radical (unpaired) electrons. The molecule has 1 amide bonds. The lowest BCUT2D eigenvalue weighted by Crippen LogP contribution is -2.30. The van der Waals surface area contributed by atoms with E-state index in [9.17, 15) is 9.18 Å². The van der Waals surface area contributed by atoms with E-state index in [0.29, 0.717) is 22.8 Å². The molecule has 5 nitrogen and oxygen atoms in total. The first-order chi connectivity index (χ1) is 17.5. The fraction of sp³-hybridized carbons (Fsp3) is 0.207. The van der Waals surface area contributed by atoms with Crippen LogP contribution in [0.5, 0.6) is 11.5 Å². The Hall–Kier alpha value is -3.71. The number of ether oxygens (including phenoxy) is 2. The van der Waals surface area contributed by atoms with Gasteiger partial charge in [-0.1, -0.05) is 49.0 Å². The normalized spacial score (nSPS) is 16.0. The fourth-order valence-electron chi connectivity index (χ4n) is 3.88. The third kappa shape index (κ3) is 6.29. The van der Waals surface area contributed by atoms with Crippen LogP contribution in [0, 0.1) is 5.82 Å². The van der Waals surface area contributed by atoms with Gasteiger partial charge in [-0.2, -0.15) is 0 Å². The summed E-state index contributed by atoms with van der Waals surface area (Å²) >= 11 is 1.43. The summed E-state index contributed by atoms with van der Waals surface area (Å²) in [5, 5.41) is 6.31. The Balaban J connectivity index is 1.53. The summed E-state index contributed by atoms with van der Waals surface area (Å²) in [6, 6.07) is 18.3. The van der Waals surface area contributed by atoms with Crippen LogP contribution in [0.1, 0.15) is 29.2 Å². The van der Waals surface area contributed by atoms with E-state index in [4.69, 9.17) is 9.47 Å². The van der Waals surface area contributed by atoms with E-state index in [0.717, 1.165) is 28.8 Å². The average molecular weight is 505 g/mol. The molecule has 1 saturated heterocycles. The van der Waals surface area contributed by atoms with E-state index in [-0.39, 0.29) is 23.8 Å². The van der Waals surface area contributed by atoms with E-state index in [1.165, 1.54) is 29.5 Å². The first-order valence-corrected chi connectivity index (χ1v) is 12.6. The van der Waals surface area contributed by atoms with Crippen LogP contribution >= 0.6 is 11.8 Å². The molecule has 4 rings (SSSR count). The largest absolute Gasteiger partial charge is 0.493 e. The summed E-state index contributed by atoms with van der Waals surface area (Å²) < 4.78 is 25.2. The minimum absolute atomic E-state index is 0.140. The van der Waals surface area contributed by atoms with Crippen molar-refractivity contribution in [3.05, 3.63) is 106 Å². The molecule has 36 heavy (non-hydrogen) atoms. The predicted molar refractivity (Wildman–Crippen MR) is 145 cm³/mol. The van der Waals surface area contributed by atoms with Crippen LogP contribution in [0.4, 0.5) is 10.1 Å². The molecular weight excluding hydrogens is 475 g/mol. The maximum Gasteiger partial charge on any atom is 0.260 e. The Morgan fingerprint density at radius 3 is 2.64 bits per heavy atom. The zero-order chi connectivity index (χ0) is 25.5. The molecule has 0 bridgehead atoms. The Kier molecular flexibility index (Phi) is 8.33. The van der Waals surface area contributed by atoms with Gasteiger partial charge in [-0.3, -0.25) is 4.79 Å². The number of carbonyl (C=O) groups is 1. The highest BCUT2D eigenvalue weighted by atomic mass is 32.2. The molecule has 0 aliphatic carbocycles. The van der Waals surface area contributed by atoms with Gasteiger partial charge in [-0.25, -0.2) is 4.39 Å². The molecule has 1 atom stereocenters. The molecule has 7 heteroatoms. The van der Waals surface area contributed by atoms with Gasteiger partial charge in [-0.05, 0) is 72.0 Å². The van der Waals surface area contributed by atoms with Gasteiger partial charge in [0.25, 0.3) is 5.91 Å². The minimum Gasteiger partial charge on any atom is -0.493 e. The first-order valence-electron chi connectivity index (χ1n) is 11.7. The number of anilines is 1. The van der Waals surface area contributed by atoms with Crippen molar-refractivity contribution in [3.8, 4) is 11.5 Å². The number of allylic oxidation sites excluding steroid dienone is 1. The average Bonchev–Trinajstić information content (AvgIpc) is 3.21. The van der Waals surface area contributed by atoms with Crippen molar-refractivity contribution < 1.29 is 18.7 Å². The van der Waals surface area contributed by atoms with E-state index in [2.05, 4.69) is 36.3 Å². The zero-order valence-electron chi connectivity index (χ0n) is 20.3. The molecule has 1 fully saturated rings. The molecule has 0 saturated carbocycles. The van der Waals surface area contributed by atoms with Crippen LogP contribution < -0.4 is 20.1 Å². The zero-order valence-corrected chi connectivity index (χ0v) is 21.2. The van der Waals surface area contributed by atoms with Gasteiger partial charge < -0.3 is 20.1 Å². The van der Waals surface area contributed by atoms with Gasteiger partial charge in [0, 0.05) is 11.3 Å². The van der Waals surface area contributed by atoms with Crippen LogP contribution in [-0.2, 0) is 24.2 Å². The number of benzene rings is 3. The second kappa shape index (κ2) is 11.8.